The molecule has 5 nitrogen and oxygen atoms in total. The molecule has 3 rings (SSSR count). The highest BCUT2D eigenvalue weighted by Gasteiger charge is 2.19. The van der Waals surface area contributed by atoms with Crippen LogP contribution in [0.5, 0.6) is 5.75 Å². The number of likely N-dealkylation sites (tertiary alicyclic amines) is 1. The summed E-state index contributed by atoms with van der Waals surface area (Å²) in [5.74, 6) is 2.52. The molecular formula is C22H33IN4OS. The molecule has 2 N–H and O–H groups in total. The molecule has 7 heteroatoms. The van der Waals surface area contributed by atoms with Gasteiger partial charge in [-0.1, -0.05) is 12.1 Å². The van der Waals surface area contributed by atoms with Gasteiger partial charge in [-0.25, -0.2) is 0 Å². The van der Waals surface area contributed by atoms with E-state index >= 15 is 0 Å². The molecule has 0 bridgehead atoms. The number of rotatable bonds is 7. The number of hydrogen-bond acceptors (Lipinski definition) is 4. The smallest absolute Gasteiger partial charge is 0.191 e. The van der Waals surface area contributed by atoms with Crippen molar-refractivity contribution in [2.45, 2.75) is 32.9 Å². The van der Waals surface area contributed by atoms with E-state index in [2.05, 4.69) is 51.7 Å². The van der Waals surface area contributed by atoms with Crippen molar-refractivity contribution in [2.24, 2.45) is 10.9 Å². The molecule has 0 aliphatic carbocycles. The molecule has 0 spiro atoms. The average molecular weight is 529 g/mol. The van der Waals surface area contributed by atoms with Gasteiger partial charge in [0.2, 0.25) is 0 Å². The predicted octanol–water partition coefficient (Wildman–Crippen LogP) is 4.26. The summed E-state index contributed by atoms with van der Waals surface area (Å²) in [4.78, 5) is 9.59. The number of hydrogen-bond donors (Lipinski definition) is 2. The number of thiophene rings is 1. The lowest BCUT2D eigenvalue weighted by Gasteiger charge is -2.32. The van der Waals surface area contributed by atoms with Gasteiger partial charge >= 0.3 is 0 Å². The highest BCUT2D eigenvalue weighted by atomic mass is 127. The Morgan fingerprint density at radius 1 is 1.14 bits per heavy atom. The van der Waals surface area contributed by atoms with Crippen molar-refractivity contribution in [3.8, 4) is 5.75 Å². The number of ether oxygens (including phenoxy) is 1. The lowest BCUT2D eigenvalue weighted by molar-refractivity contribution is 0.178. The second kappa shape index (κ2) is 12.4. The number of nitrogens with one attached hydrogen (secondary N) is 2. The topological polar surface area (TPSA) is 48.9 Å². The van der Waals surface area contributed by atoms with Gasteiger partial charge in [-0.15, -0.1) is 35.3 Å². The number of aliphatic imine (C=N–C) groups is 1. The van der Waals surface area contributed by atoms with Crippen LogP contribution in [0.2, 0.25) is 0 Å². The van der Waals surface area contributed by atoms with Crippen molar-refractivity contribution >= 4 is 41.3 Å². The van der Waals surface area contributed by atoms with Crippen LogP contribution in [0.25, 0.3) is 0 Å². The summed E-state index contributed by atoms with van der Waals surface area (Å²) in [5.41, 5.74) is 1.35. The van der Waals surface area contributed by atoms with E-state index in [4.69, 9.17) is 4.74 Å². The van der Waals surface area contributed by atoms with Gasteiger partial charge in [0.15, 0.2) is 5.96 Å². The minimum absolute atomic E-state index is 0. The van der Waals surface area contributed by atoms with E-state index in [0.717, 1.165) is 44.4 Å². The summed E-state index contributed by atoms with van der Waals surface area (Å²) < 4.78 is 5.24. The fourth-order valence-electron chi connectivity index (χ4n) is 3.55. The normalized spacial score (nSPS) is 15.6. The zero-order valence-electron chi connectivity index (χ0n) is 17.6. The summed E-state index contributed by atoms with van der Waals surface area (Å²) in [6.07, 6.45) is 2.45. The fraction of sp³-hybridized carbons (Fsp3) is 0.500. The van der Waals surface area contributed by atoms with E-state index in [-0.39, 0.29) is 24.0 Å². The zero-order chi connectivity index (χ0) is 19.8. The van der Waals surface area contributed by atoms with Crippen LogP contribution in [0, 0.1) is 12.8 Å². The standard InChI is InChI=1S/C22H32N4OS.HI/c1-17-4-9-21(28-17)15-25-22(23-2)24-14-18-10-12-26(13-11-18)16-19-5-7-20(27-3)8-6-19;/h4-9,18H,10-16H2,1-3H3,(H2,23,24,25);1H. The SMILES string of the molecule is CN=C(NCc1ccc(C)s1)NCC1CCN(Cc2ccc(OC)cc2)CC1.I. The molecule has 29 heavy (non-hydrogen) atoms. The molecule has 2 heterocycles. The number of guanidine groups is 1. The number of nitrogens with zero attached hydrogens (tertiary/aromatic N) is 2. The van der Waals surface area contributed by atoms with E-state index in [9.17, 15) is 0 Å². The Labute approximate surface area is 196 Å². The second-order valence-electron chi connectivity index (χ2n) is 7.39. The average Bonchev–Trinajstić information content (AvgIpc) is 3.15. The lowest BCUT2D eigenvalue weighted by Crippen LogP contribution is -2.42. The molecular weight excluding hydrogens is 495 g/mol. The maximum absolute atomic E-state index is 5.24. The Morgan fingerprint density at radius 2 is 1.86 bits per heavy atom. The van der Waals surface area contributed by atoms with E-state index in [1.165, 1.54) is 28.2 Å². The van der Waals surface area contributed by atoms with Gasteiger partial charge in [-0.05, 0) is 68.6 Å². The Bertz CT molecular complexity index is 754. The van der Waals surface area contributed by atoms with Gasteiger partial charge in [0.1, 0.15) is 5.75 Å². The van der Waals surface area contributed by atoms with Gasteiger partial charge < -0.3 is 15.4 Å². The predicted molar refractivity (Wildman–Crippen MR) is 134 cm³/mol. The van der Waals surface area contributed by atoms with E-state index < -0.39 is 0 Å². The molecule has 0 unspecified atom stereocenters. The van der Waals surface area contributed by atoms with Crippen LogP contribution in [0.3, 0.4) is 0 Å². The van der Waals surface area contributed by atoms with Crippen molar-refractivity contribution < 1.29 is 4.74 Å². The third-order valence-corrected chi connectivity index (χ3v) is 6.28. The largest absolute Gasteiger partial charge is 0.497 e. The number of aryl methyl sites for hydroxylation is 1. The first-order valence-corrected chi connectivity index (χ1v) is 10.8. The molecule has 1 aromatic heterocycles. The molecule has 2 aromatic rings. The van der Waals surface area contributed by atoms with E-state index in [0.29, 0.717) is 5.92 Å². The fourth-order valence-corrected chi connectivity index (χ4v) is 4.38. The monoisotopic (exact) mass is 528 g/mol. The van der Waals surface area contributed by atoms with Crippen LogP contribution in [-0.4, -0.2) is 44.7 Å². The number of piperidine rings is 1. The summed E-state index contributed by atoms with van der Waals surface area (Å²) >= 11 is 1.83. The lowest BCUT2D eigenvalue weighted by atomic mass is 9.96. The highest BCUT2D eigenvalue weighted by molar-refractivity contribution is 14.0. The zero-order valence-corrected chi connectivity index (χ0v) is 20.8. The van der Waals surface area contributed by atoms with Gasteiger partial charge in [0.25, 0.3) is 0 Å². The van der Waals surface area contributed by atoms with Crippen molar-refractivity contribution in [1.29, 1.82) is 0 Å². The van der Waals surface area contributed by atoms with Crippen molar-refractivity contribution in [2.75, 3.05) is 33.8 Å². The molecule has 0 atom stereocenters. The molecule has 1 fully saturated rings. The van der Waals surface area contributed by atoms with Gasteiger partial charge in [-0.3, -0.25) is 9.89 Å². The maximum Gasteiger partial charge on any atom is 0.191 e. The second-order valence-corrected chi connectivity index (χ2v) is 8.76. The number of methoxy groups -OCH3 is 1. The van der Waals surface area contributed by atoms with Crippen LogP contribution in [-0.2, 0) is 13.1 Å². The molecule has 0 radical (unpaired) electrons. The third-order valence-electron chi connectivity index (χ3n) is 5.28. The van der Waals surface area contributed by atoms with Crippen molar-refractivity contribution in [3.63, 3.8) is 0 Å². The Hall–Kier alpha value is -1.32. The molecule has 1 saturated heterocycles. The summed E-state index contributed by atoms with van der Waals surface area (Å²) in [5, 5.41) is 6.92. The molecule has 1 aliphatic heterocycles. The van der Waals surface area contributed by atoms with Gasteiger partial charge in [-0.2, -0.15) is 0 Å². The first kappa shape index (κ1) is 24.0. The highest BCUT2D eigenvalue weighted by Crippen LogP contribution is 2.20. The molecule has 160 valence electrons. The summed E-state index contributed by atoms with van der Waals surface area (Å²) in [6, 6.07) is 12.8. The molecule has 0 saturated carbocycles. The molecule has 0 amide bonds. The summed E-state index contributed by atoms with van der Waals surface area (Å²) in [6.45, 7) is 7.28. The third kappa shape index (κ3) is 7.79. The van der Waals surface area contributed by atoms with Crippen LogP contribution in [0.15, 0.2) is 41.4 Å². The van der Waals surface area contributed by atoms with Crippen LogP contribution in [0.1, 0.15) is 28.2 Å². The number of benzene rings is 1. The minimum atomic E-state index is 0. The summed E-state index contributed by atoms with van der Waals surface area (Å²) in [7, 11) is 3.55. The van der Waals surface area contributed by atoms with Gasteiger partial charge in [0.05, 0.1) is 13.7 Å². The van der Waals surface area contributed by atoms with Crippen LogP contribution in [0.4, 0.5) is 0 Å². The van der Waals surface area contributed by atoms with Crippen molar-refractivity contribution in [3.05, 3.63) is 51.7 Å². The first-order valence-electron chi connectivity index (χ1n) is 10.0. The van der Waals surface area contributed by atoms with Gasteiger partial charge in [0, 0.05) is 29.9 Å². The quantitative estimate of drug-likeness (QED) is 0.321. The Kier molecular flexibility index (Phi) is 10.2. The minimum Gasteiger partial charge on any atom is -0.497 e. The number of halogens is 1. The Balaban J connectivity index is 0.00000300. The Morgan fingerprint density at radius 3 is 2.45 bits per heavy atom. The molecule has 1 aliphatic rings. The first-order chi connectivity index (χ1) is 13.7. The van der Waals surface area contributed by atoms with Crippen molar-refractivity contribution in [1.82, 2.24) is 15.5 Å². The molecule has 1 aromatic carbocycles. The van der Waals surface area contributed by atoms with Crippen LogP contribution < -0.4 is 15.4 Å². The van der Waals surface area contributed by atoms with Crippen LogP contribution >= 0.6 is 35.3 Å². The van der Waals surface area contributed by atoms with E-state index in [1.807, 2.05) is 30.5 Å². The van der Waals surface area contributed by atoms with E-state index in [1.54, 1.807) is 7.11 Å². The maximum atomic E-state index is 5.24.